The number of alkyl halides is 3. The maximum atomic E-state index is 14.0. The molecule has 68 heavy (non-hydrogen) atoms. The number of aliphatic hydroxyl groups excluding tert-OH is 1. The number of pyridine rings is 1. The van der Waals surface area contributed by atoms with Crippen molar-refractivity contribution in [2.45, 2.75) is 67.0 Å². The van der Waals surface area contributed by atoms with Crippen molar-refractivity contribution in [2.75, 3.05) is 36.4 Å². The Morgan fingerprint density at radius 3 is 2.35 bits per heavy atom. The van der Waals surface area contributed by atoms with E-state index >= 15 is 0 Å². The van der Waals surface area contributed by atoms with Crippen LogP contribution in [-0.2, 0) is 24.6 Å². The van der Waals surface area contributed by atoms with Gasteiger partial charge in [0.05, 0.1) is 28.4 Å². The van der Waals surface area contributed by atoms with Gasteiger partial charge in [0.25, 0.3) is 25.8 Å². The van der Waals surface area contributed by atoms with Crippen LogP contribution in [0, 0.1) is 5.92 Å². The molecule has 0 spiro atoms. The van der Waals surface area contributed by atoms with Gasteiger partial charge in [0.15, 0.2) is 0 Å². The summed E-state index contributed by atoms with van der Waals surface area (Å²) in [5, 5.41) is 18.0. The van der Waals surface area contributed by atoms with Gasteiger partial charge in [-0.3, -0.25) is 4.79 Å². The fourth-order valence-corrected chi connectivity index (χ4v) is 9.83. The van der Waals surface area contributed by atoms with Gasteiger partial charge in [-0.05, 0) is 117 Å². The first-order valence-electron chi connectivity index (χ1n) is 21.4. The first kappa shape index (κ1) is 49.6. The summed E-state index contributed by atoms with van der Waals surface area (Å²) in [5.74, 6) is -1.23. The van der Waals surface area contributed by atoms with Crippen molar-refractivity contribution in [2.24, 2.45) is 5.92 Å². The standard InChI is InChI=1S/C47H48ClF3N6O9S2/c1-46(2,3)66-45(60)54-21-6-20-52-39-16-14-35(27-41(39)67(61,62)47(49,50)51)68(63,64)56-44(59)38-15-13-33(26-40(38)65-34-25-31-17-22-53-43(31)55-28-34)57-23-18-30(19-24-57)42(58)37-8-5-4-7-36(37)29-9-11-32(48)12-10-29/h4-5,7-17,22,25-28,30,42,52,58H,6,18-21,23-24H2,1-3H3,(H,53,55)(H,54,60)(H,56,59)/t42-/m0/s1. The topological polar surface area (TPSA) is 209 Å². The molecule has 3 heterocycles. The zero-order chi connectivity index (χ0) is 49.0. The number of nitrogens with zero attached hydrogens (tertiary/aromatic N) is 2. The predicted octanol–water partition coefficient (Wildman–Crippen LogP) is 9.36. The number of sulfone groups is 1. The van der Waals surface area contributed by atoms with Crippen molar-refractivity contribution in [1.29, 1.82) is 0 Å². The molecule has 2 amide bonds. The van der Waals surface area contributed by atoms with Crippen LogP contribution in [0.1, 0.15) is 62.1 Å². The molecular formula is C47H48ClF3N6O9S2. The number of fused-ring (bicyclic) bond motifs is 1. The number of amides is 2. The van der Waals surface area contributed by atoms with Gasteiger partial charge in [-0.1, -0.05) is 48.0 Å². The molecule has 5 N–H and O–H groups in total. The summed E-state index contributed by atoms with van der Waals surface area (Å²) in [5.41, 5.74) is -3.68. The summed E-state index contributed by atoms with van der Waals surface area (Å²) in [7, 11) is -11.2. The van der Waals surface area contributed by atoms with Crippen LogP contribution in [0.5, 0.6) is 11.5 Å². The minimum atomic E-state index is -6.13. The third-order valence-corrected chi connectivity index (χ3v) is 14.1. The average molecular weight is 998 g/mol. The minimum Gasteiger partial charge on any atom is -0.455 e. The number of carbonyl (C=O) groups is 2. The number of ether oxygens (including phenoxy) is 2. The normalized spacial score (nSPS) is 14.3. The Kier molecular flexibility index (Phi) is 14.6. The van der Waals surface area contributed by atoms with Crippen LogP contribution in [0.25, 0.3) is 22.2 Å². The molecule has 0 radical (unpaired) electrons. The molecule has 1 aliphatic rings. The molecule has 6 aromatic rings. The largest absolute Gasteiger partial charge is 0.501 e. The first-order valence-corrected chi connectivity index (χ1v) is 24.7. The van der Waals surface area contributed by atoms with Crippen molar-refractivity contribution < 1.29 is 54.2 Å². The van der Waals surface area contributed by atoms with Crippen molar-refractivity contribution in [3.05, 3.63) is 126 Å². The summed E-state index contributed by atoms with van der Waals surface area (Å²) in [6.45, 7) is 5.84. The van der Waals surface area contributed by atoms with Crippen molar-refractivity contribution in [3.63, 3.8) is 0 Å². The van der Waals surface area contributed by atoms with E-state index in [4.69, 9.17) is 21.1 Å². The van der Waals surface area contributed by atoms with Gasteiger partial charge in [0, 0.05) is 54.5 Å². The monoisotopic (exact) mass is 996 g/mol. The number of benzene rings is 4. The van der Waals surface area contributed by atoms with Gasteiger partial charge in [0.2, 0.25) is 0 Å². The molecule has 1 fully saturated rings. The number of H-pyrrole nitrogens is 1. The van der Waals surface area contributed by atoms with Gasteiger partial charge in [-0.2, -0.15) is 13.2 Å². The zero-order valence-corrected chi connectivity index (χ0v) is 39.3. The van der Waals surface area contributed by atoms with Gasteiger partial charge in [0.1, 0.15) is 27.6 Å². The quantitative estimate of drug-likeness (QED) is 0.0610. The molecule has 2 aromatic heterocycles. The molecule has 360 valence electrons. The van der Waals surface area contributed by atoms with Crippen molar-refractivity contribution in [3.8, 4) is 22.6 Å². The highest BCUT2D eigenvalue weighted by atomic mass is 35.5. The van der Waals surface area contributed by atoms with Gasteiger partial charge >= 0.3 is 11.6 Å². The minimum absolute atomic E-state index is 0.0101. The number of anilines is 2. The van der Waals surface area contributed by atoms with E-state index < -0.39 is 64.6 Å². The van der Waals surface area contributed by atoms with E-state index in [1.54, 1.807) is 63.4 Å². The molecular weight excluding hydrogens is 949 g/mol. The van der Waals surface area contributed by atoms with Gasteiger partial charge in [-0.15, -0.1) is 0 Å². The summed E-state index contributed by atoms with van der Waals surface area (Å²) in [4.78, 5) is 32.9. The highest BCUT2D eigenvalue weighted by molar-refractivity contribution is 7.92. The number of rotatable bonds is 15. The molecule has 1 saturated heterocycles. The number of piperidine rings is 1. The first-order chi connectivity index (χ1) is 32.1. The summed E-state index contributed by atoms with van der Waals surface area (Å²) in [6.07, 6.45) is 2.85. The number of carbonyl (C=O) groups excluding carboxylic acids is 2. The number of halogens is 4. The van der Waals surface area contributed by atoms with Crippen LogP contribution in [0.4, 0.5) is 29.3 Å². The Morgan fingerprint density at radius 2 is 1.65 bits per heavy atom. The molecule has 0 bridgehead atoms. The number of aromatic amines is 1. The maximum absolute atomic E-state index is 14.0. The molecule has 1 aliphatic heterocycles. The van der Waals surface area contributed by atoms with E-state index in [9.17, 15) is 44.7 Å². The lowest BCUT2D eigenvalue weighted by Crippen LogP contribution is -2.36. The molecule has 15 nitrogen and oxygen atoms in total. The summed E-state index contributed by atoms with van der Waals surface area (Å²) >= 11 is 6.13. The van der Waals surface area contributed by atoms with Gasteiger partial charge < -0.3 is 35.1 Å². The van der Waals surface area contributed by atoms with Crippen molar-refractivity contribution in [1.82, 2.24) is 20.0 Å². The molecule has 0 unspecified atom stereocenters. The fraction of sp³-hybridized carbons (Fsp3) is 0.298. The molecule has 21 heteroatoms. The zero-order valence-electron chi connectivity index (χ0n) is 36.9. The van der Waals surface area contributed by atoms with E-state index in [-0.39, 0.29) is 42.5 Å². The molecule has 0 aliphatic carbocycles. The number of aromatic nitrogens is 2. The second kappa shape index (κ2) is 20.1. The predicted molar refractivity (Wildman–Crippen MR) is 251 cm³/mol. The fourth-order valence-electron chi connectivity index (χ4n) is 7.67. The number of nitrogens with one attached hydrogen (secondary N) is 4. The molecule has 0 saturated carbocycles. The average Bonchev–Trinajstić information content (AvgIpc) is 3.76. The Morgan fingerprint density at radius 1 is 0.926 bits per heavy atom. The van der Waals surface area contributed by atoms with Crippen LogP contribution in [-0.4, -0.2) is 81.2 Å². The van der Waals surface area contributed by atoms with Crippen molar-refractivity contribution >= 4 is 65.9 Å². The third-order valence-electron chi connectivity index (χ3n) is 11.0. The smallest absolute Gasteiger partial charge is 0.455 e. The number of aliphatic hydroxyl groups is 1. The lowest BCUT2D eigenvalue weighted by Gasteiger charge is -2.36. The van der Waals surface area contributed by atoms with Crippen LogP contribution in [0.2, 0.25) is 5.02 Å². The van der Waals surface area contributed by atoms with E-state index in [0.29, 0.717) is 53.7 Å². The Labute approximate surface area is 396 Å². The van der Waals surface area contributed by atoms with E-state index in [0.717, 1.165) is 28.8 Å². The van der Waals surface area contributed by atoms with Crippen LogP contribution >= 0.6 is 11.6 Å². The molecule has 1 atom stereocenters. The number of alkyl carbamates (subject to hydrolysis) is 1. The molecule has 7 rings (SSSR count). The number of sulfonamides is 1. The Hall–Kier alpha value is -6.35. The Bertz CT molecular complexity index is 3030. The summed E-state index contributed by atoms with van der Waals surface area (Å²) in [6, 6.07) is 24.9. The molecule has 4 aromatic carbocycles. The Balaban J connectivity index is 1.11. The van der Waals surface area contributed by atoms with Crippen LogP contribution in [0.15, 0.2) is 119 Å². The van der Waals surface area contributed by atoms with E-state index in [1.807, 2.05) is 46.0 Å². The lowest BCUT2D eigenvalue weighted by atomic mass is 9.84. The van der Waals surface area contributed by atoms with Gasteiger partial charge in [-0.25, -0.2) is 31.3 Å². The van der Waals surface area contributed by atoms with Crippen LogP contribution < -0.4 is 25.0 Å². The number of hydrogen-bond donors (Lipinski definition) is 5. The lowest BCUT2D eigenvalue weighted by molar-refractivity contribution is -0.0436. The maximum Gasteiger partial charge on any atom is 0.501 e. The highest BCUT2D eigenvalue weighted by Gasteiger charge is 2.48. The van der Waals surface area contributed by atoms with E-state index in [2.05, 4.69) is 20.6 Å². The number of hydrogen-bond acceptors (Lipinski definition) is 12. The van der Waals surface area contributed by atoms with Crippen LogP contribution in [0.3, 0.4) is 0 Å². The SMILES string of the molecule is CC(C)(C)OC(=O)NCCCNc1ccc(S(=O)(=O)NC(=O)c2ccc(N3CCC([C@H](O)c4ccccc4-c4ccc(Cl)cc4)CC3)cc2Oc2cnc3[nH]ccc3c2)cc1S(=O)(=O)C(F)(F)F. The van der Waals surface area contributed by atoms with E-state index in [1.165, 1.54) is 12.3 Å². The second-order valence-corrected chi connectivity index (χ2v) is 21.0. The third kappa shape index (κ3) is 11.7. The summed E-state index contributed by atoms with van der Waals surface area (Å²) < 4.78 is 108. The second-order valence-electron chi connectivity index (χ2n) is 17.0. The highest BCUT2D eigenvalue weighted by Crippen LogP contribution is 2.40.